The lowest BCUT2D eigenvalue weighted by Gasteiger charge is -2.34. The molecule has 0 spiro atoms. The van der Waals surface area contributed by atoms with Gasteiger partial charge in [0.15, 0.2) is 0 Å². The van der Waals surface area contributed by atoms with Crippen molar-refractivity contribution in [3.63, 3.8) is 0 Å². The van der Waals surface area contributed by atoms with E-state index in [-0.39, 0.29) is 12.0 Å². The number of ether oxygens (including phenoxy) is 1. The molecule has 22 heavy (non-hydrogen) atoms. The van der Waals surface area contributed by atoms with E-state index in [0.29, 0.717) is 38.7 Å². The van der Waals surface area contributed by atoms with Crippen LogP contribution in [0.2, 0.25) is 0 Å². The molecule has 2 fully saturated rings. The molecule has 0 saturated carbocycles. The molecule has 1 amide bonds. The Hall–Kier alpha value is -1.05. The van der Waals surface area contributed by atoms with Gasteiger partial charge in [-0.3, -0.25) is 9.48 Å². The molecule has 1 N–H and O–H groups in total. The van der Waals surface area contributed by atoms with Crippen LogP contribution in [0.3, 0.4) is 0 Å². The number of carbonyl (C=O) groups is 1. The van der Waals surface area contributed by atoms with E-state index in [0.717, 1.165) is 23.6 Å². The lowest BCUT2D eigenvalue weighted by Crippen LogP contribution is -2.49. The van der Waals surface area contributed by atoms with E-state index in [2.05, 4.69) is 10.4 Å². The Balaban J connectivity index is 1.49. The Kier molecular flexibility index (Phi) is 5.38. The van der Waals surface area contributed by atoms with E-state index in [4.69, 9.17) is 4.74 Å². The summed E-state index contributed by atoms with van der Waals surface area (Å²) in [4.78, 5) is 14.4. The zero-order valence-electron chi connectivity index (χ0n) is 13.0. The highest BCUT2D eigenvalue weighted by molar-refractivity contribution is 7.99. The summed E-state index contributed by atoms with van der Waals surface area (Å²) >= 11 is 1.93. The molecule has 1 aromatic rings. The molecule has 2 saturated heterocycles. The number of aromatic nitrogens is 2. The minimum absolute atomic E-state index is 0.0330. The van der Waals surface area contributed by atoms with E-state index in [1.54, 1.807) is 0 Å². The van der Waals surface area contributed by atoms with Crippen LogP contribution in [0.15, 0.2) is 12.4 Å². The standard InChI is InChI=1S/C15H24N4O2S/c1-12-7-17-19(8-12)10-14-9-18(3-4-21-14)15(20)6-13-11-22-5-2-16-13/h7-8,13-14,16H,2-6,9-11H2,1H3. The topological polar surface area (TPSA) is 59.4 Å². The van der Waals surface area contributed by atoms with Gasteiger partial charge < -0.3 is 15.0 Å². The molecule has 0 aliphatic carbocycles. The minimum Gasteiger partial charge on any atom is -0.373 e. The van der Waals surface area contributed by atoms with Crippen molar-refractivity contribution in [1.82, 2.24) is 20.0 Å². The predicted octanol–water partition coefficient (Wildman–Crippen LogP) is 0.514. The highest BCUT2D eigenvalue weighted by Crippen LogP contribution is 2.14. The van der Waals surface area contributed by atoms with E-state index in [1.165, 1.54) is 0 Å². The van der Waals surface area contributed by atoms with Crippen molar-refractivity contribution in [1.29, 1.82) is 0 Å². The van der Waals surface area contributed by atoms with Gasteiger partial charge in [0.05, 0.1) is 25.5 Å². The van der Waals surface area contributed by atoms with Gasteiger partial charge in [0, 0.05) is 49.8 Å². The Morgan fingerprint density at radius 1 is 1.59 bits per heavy atom. The van der Waals surface area contributed by atoms with Crippen molar-refractivity contribution in [2.45, 2.75) is 32.0 Å². The number of carbonyl (C=O) groups excluding carboxylic acids is 1. The maximum atomic E-state index is 12.5. The van der Waals surface area contributed by atoms with Gasteiger partial charge in [-0.2, -0.15) is 16.9 Å². The van der Waals surface area contributed by atoms with Crippen LogP contribution in [0.5, 0.6) is 0 Å². The quantitative estimate of drug-likeness (QED) is 0.875. The normalized spacial score (nSPS) is 26.1. The molecule has 2 unspecified atom stereocenters. The van der Waals surface area contributed by atoms with Gasteiger partial charge >= 0.3 is 0 Å². The Morgan fingerprint density at radius 2 is 2.50 bits per heavy atom. The van der Waals surface area contributed by atoms with Gasteiger partial charge in [-0.25, -0.2) is 0 Å². The van der Waals surface area contributed by atoms with Crippen LogP contribution in [0, 0.1) is 6.92 Å². The third kappa shape index (κ3) is 4.24. The van der Waals surface area contributed by atoms with Crippen LogP contribution in [-0.2, 0) is 16.1 Å². The van der Waals surface area contributed by atoms with Gasteiger partial charge in [-0.05, 0) is 12.5 Å². The molecule has 1 aromatic heterocycles. The number of hydrogen-bond donors (Lipinski definition) is 1. The molecule has 0 radical (unpaired) electrons. The zero-order valence-corrected chi connectivity index (χ0v) is 13.8. The fourth-order valence-electron chi connectivity index (χ4n) is 2.92. The SMILES string of the molecule is Cc1cnn(CC2CN(C(=O)CC3CSCCN3)CCO2)c1. The summed E-state index contributed by atoms with van der Waals surface area (Å²) in [5, 5.41) is 7.72. The molecule has 122 valence electrons. The molecular weight excluding hydrogens is 300 g/mol. The fraction of sp³-hybridized carbons (Fsp3) is 0.733. The third-order valence-electron chi connectivity index (χ3n) is 4.06. The lowest BCUT2D eigenvalue weighted by atomic mass is 10.2. The molecule has 0 bridgehead atoms. The number of amides is 1. The van der Waals surface area contributed by atoms with Crippen molar-refractivity contribution in [3.8, 4) is 0 Å². The first-order chi connectivity index (χ1) is 10.7. The number of nitrogens with zero attached hydrogens (tertiary/aromatic N) is 3. The largest absolute Gasteiger partial charge is 0.373 e. The summed E-state index contributed by atoms with van der Waals surface area (Å²) in [5.41, 5.74) is 1.14. The summed E-state index contributed by atoms with van der Waals surface area (Å²) in [5.74, 6) is 2.42. The molecule has 3 rings (SSSR count). The van der Waals surface area contributed by atoms with Gasteiger partial charge in [0.1, 0.15) is 0 Å². The second kappa shape index (κ2) is 7.48. The van der Waals surface area contributed by atoms with Crippen LogP contribution in [-0.4, -0.2) is 70.5 Å². The van der Waals surface area contributed by atoms with Crippen LogP contribution in [0.25, 0.3) is 0 Å². The van der Waals surface area contributed by atoms with Crippen molar-refractivity contribution in [2.24, 2.45) is 0 Å². The van der Waals surface area contributed by atoms with Gasteiger partial charge in [-0.1, -0.05) is 0 Å². The van der Waals surface area contributed by atoms with E-state index >= 15 is 0 Å². The van der Waals surface area contributed by atoms with E-state index in [1.807, 2.05) is 40.7 Å². The Morgan fingerprint density at radius 3 is 3.23 bits per heavy atom. The Labute approximate surface area is 135 Å². The van der Waals surface area contributed by atoms with E-state index < -0.39 is 0 Å². The van der Waals surface area contributed by atoms with Gasteiger partial charge in [0.25, 0.3) is 0 Å². The van der Waals surface area contributed by atoms with Gasteiger partial charge in [-0.15, -0.1) is 0 Å². The highest BCUT2D eigenvalue weighted by Gasteiger charge is 2.27. The second-order valence-corrected chi connectivity index (χ2v) is 7.15. The zero-order chi connectivity index (χ0) is 15.4. The second-order valence-electron chi connectivity index (χ2n) is 6.00. The first-order valence-electron chi connectivity index (χ1n) is 7.90. The smallest absolute Gasteiger partial charge is 0.224 e. The van der Waals surface area contributed by atoms with Crippen LogP contribution >= 0.6 is 11.8 Å². The molecule has 2 aliphatic rings. The van der Waals surface area contributed by atoms with Gasteiger partial charge in [0.2, 0.25) is 5.91 Å². The molecule has 0 aromatic carbocycles. The summed E-state index contributed by atoms with van der Waals surface area (Å²) in [6, 6.07) is 0.321. The molecule has 6 nitrogen and oxygen atoms in total. The first-order valence-corrected chi connectivity index (χ1v) is 9.06. The number of aryl methyl sites for hydroxylation is 1. The number of thioether (sulfide) groups is 1. The summed E-state index contributed by atoms with van der Waals surface area (Å²) in [6.07, 6.45) is 4.48. The maximum Gasteiger partial charge on any atom is 0.224 e. The highest BCUT2D eigenvalue weighted by atomic mass is 32.2. The van der Waals surface area contributed by atoms with E-state index in [9.17, 15) is 4.79 Å². The molecular formula is C15H24N4O2S. The number of hydrogen-bond acceptors (Lipinski definition) is 5. The third-order valence-corrected chi connectivity index (χ3v) is 5.19. The number of rotatable bonds is 4. The fourth-order valence-corrected chi connectivity index (χ4v) is 3.87. The van der Waals surface area contributed by atoms with Crippen LogP contribution < -0.4 is 5.32 Å². The number of morpholine rings is 1. The van der Waals surface area contributed by atoms with Crippen molar-refractivity contribution < 1.29 is 9.53 Å². The monoisotopic (exact) mass is 324 g/mol. The molecule has 2 aliphatic heterocycles. The van der Waals surface area contributed by atoms with Crippen LogP contribution in [0.4, 0.5) is 0 Å². The predicted molar refractivity (Wildman–Crippen MR) is 87.0 cm³/mol. The van der Waals surface area contributed by atoms with Crippen molar-refractivity contribution in [2.75, 3.05) is 37.7 Å². The molecule has 7 heteroatoms. The Bertz CT molecular complexity index is 501. The first kappa shape index (κ1) is 15.8. The number of nitrogens with one attached hydrogen (secondary N) is 1. The average molecular weight is 324 g/mol. The van der Waals surface area contributed by atoms with Crippen molar-refractivity contribution >= 4 is 17.7 Å². The summed E-state index contributed by atoms with van der Waals surface area (Å²) in [6.45, 7) is 5.72. The molecule has 2 atom stereocenters. The molecule has 3 heterocycles. The van der Waals surface area contributed by atoms with Crippen molar-refractivity contribution in [3.05, 3.63) is 18.0 Å². The lowest BCUT2D eigenvalue weighted by molar-refractivity contribution is -0.139. The average Bonchev–Trinajstić information content (AvgIpc) is 2.93. The summed E-state index contributed by atoms with van der Waals surface area (Å²) in [7, 11) is 0. The minimum atomic E-state index is 0.0330. The summed E-state index contributed by atoms with van der Waals surface area (Å²) < 4.78 is 7.68. The van der Waals surface area contributed by atoms with Crippen LogP contribution in [0.1, 0.15) is 12.0 Å². The maximum absolute atomic E-state index is 12.5.